The number of carbonyl (C=O) groups is 3. The molecule has 1 aliphatic rings. The SMILES string of the molecule is CC[C@@H](C)Nc1c(C(=O)NNC(=O)OC(C)(C)C)cc(F)c(N2CCC(NC(=O)OC(C)(C)C)C2)c1Cl. The molecule has 1 fully saturated rings. The summed E-state index contributed by atoms with van der Waals surface area (Å²) in [5, 5.41) is 6.01. The predicted octanol–water partition coefficient (Wildman–Crippen LogP) is 4.96. The van der Waals surface area contributed by atoms with Gasteiger partial charge in [0.15, 0.2) is 0 Å². The molecular weight excluding hydrogens is 505 g/mol. The highest BCUT2D eigenvalue weighted by Gasteiger charge is 2.32. The number of anilines is 2. The molecule has 10 nitrogen and oxygen atoms in total. The van der Waals surface area contributed by atoms with Crippen molar-refractivity contribution < 1.29 is 28.2 Å². The summed E-state index contributed by atoms with van der Waals surface area (Å²) >= 11 is 6.69. The van der Waals surface area contributed by atoms with Crippen LogP contribution in [0.1, 0.15) is 78.6 Å². The van der Waals surface area contributed by atoms with Crippen molar-refractivity contribution in [2.45, 2.75) is 91.5 Å². The summed E-state index contributed by atoms with van der Waals surface area (Å²) in [5.74, 6) is -1.48. The van der Waals surface area contributed by atoms with Crippen LogP contribution in [0.25, 0.3) is 0 Å². The standard InChI is InChI=1S/C25H39ClFN5O5/c1-9-14(2)28-19-16(21(33)30-31-23(35)37-25(6,7)8)12-17(27)20(18(19)26)32-11-10-15(13-32)29-22(34)36-24(3,4)5/h12,14-15,28H,9-11,13H2,1-8H3,(H,29,34)(H,30,33)(H,31,35)/t14-,15?/m1/s1. The third kappa shape index (κ3) is 9.14. The number of alkyl carbamates (subject to hydrolysis) is 1. The Morgan fingerprint density at radius 3 is 2.27 bits per heavy atom. The molecule has 1 aliphatic heterocycles. The van der Waals surface area contributed by atoms with Crippen LogP contribution < -0.4 is 26.4 Å². The lowest BCUT2D eigenvalue weighted by molar-refractivity contribution is 0.0480. The van der Waals surface area contributed by atoms with Crippen molar-refractivity contribution in [1.29, 1.82) is 0 Å². The molecule has 12 heteroatoms. The van der Waals surface area contributed by atoms with Gasteiger partial charge in [-0.3, -0.25) is 10.2 Å². The first-order valence-electron chi connectivity index (χ1n) is 12.3. The van der Waals surface area contributed by atoms with Gasteiger partial charge < -0.3 is 25.0 Å². The van der Waals surface area contributed by atoms with Gasteiger partial charge in [0, 0.05) is 19.1 Å². The summed E-state index contributed by atoms with van der Waals surface area (Å²) < 4.78 is 25.8. The summed E-state index contributed by atoms with van der Waals surface area (Å²) in [5.41, 5.74) is 3.29. The van der Waals surface area contributed by atoms with E-state index in [0.29, 0.717) is 25.9 Å². The maximum Gasteiger partial charge on any atom is 0.426 e. The highest BCUT2D eigenvalue weighted by Crippen LogP contribution is 2.40. The Labute approximate surface area is 222 Å². The lowest BCUT2D eigenvalue weighted by atomic mass is 10.1. The summed E-state index contributed by atoms with van der Waals surface area (Å²) in [6.45, 7) is 15.0. The van der Waals surface area contributed by atoms with Gasteiger partial charge in [-0.15, -0.1) is 0 Å². The van der Waals surface area contributed by atoms with Gasteiger partial charge in [-0.2, -0.15) is 0 Å². The molecule has 0 radical (unpaired) electrons. The van der Waals surface area contributed by atoms with Gasteiger partial charge in [-0.25, -0.2) is 19.4 Å². The van der Waals surface area contributed by atoms with Crippen LogP contribution in [0.5, 0.6) is 0 Å². The molecule has 2 rings (SSSR count). The molecule has 0 spiro atoms. The lowest BCUT2D eigenvalue weighted by Gasteiger charge is -2.26. The van der Waals surface area contributed by atoms with Crippen molar-refractivity contribution in [3.05, 3.63) is 22.5 Å². The minimum atomic E-state index is -0.860. The van der Waals surface area contributed by atoms with E-state index in [4.69, 9.17) is 21.1 Å². The van der Waals surface area contributed by atoms with Gasteiger partial charge in [0.1, 0.15) is 17.0 Å². The predicted molar refractivity (Wildman–Crippen MR) is 142 cm³/mol. The van der Waals surface area contributed by atoms with Crippen LogP contribution in [-0.4, -0.2) is 54.5 Å². The Hall–Kier alpha value is -2.95. The average molecular weight is 544 g/mol. The molecule has 208 valence electrons. The van der Waals surface area contributed by atoms with Crippen LogP contribution in [0.4, 0.5) is 25.4 Å². The van der Waals surface area contributed by atoms with E-state index >= 15 is 4.39 Å². The maximum absolute atomic E-state index is 15.4. The summed E-state index contributed by atoms with van der Waals surface area (Å²) in [4.78, 5) is 38.7. The molecule has 1 aromatic rings. The van der Waals surface area contributed by atoms with E-state index in [-0.39, 0.29) is 34.0 Å². The van der Waals surface area contributed by atoms with Crippen molar-refractivity contribution >= 4 is 41.1 Å². The molecule has 1 saturated heterocycles. The first-order chi connectivity index (χ1) is 17.0. The van der Waals surface area contributed by atoms with E-state index in [9.17, 15) is 14.4 Å². The van der Waals surface area contributed by atoms with Crippen molar-refractivity contribution in [3.63, 3.8) is 0 Å². The number of nitrogens with zero attached hydrogens (tertiary/aromatic N) is 1. The van der Waals surface area contributed by atoms with Crippen LogP contribution in [-0.2, 0) is 9.47 Å². The van der Waals surface area contributed by atoms with Crippen LogP contribution in [0, 0.1) is 5.82 Å². The number of carbonyl (C=O) groups excluding carboxylic acids is 3. The molecule has 0 aromatic heterocycles. The summed E-state index contributed by atoms with van der Waals surface area (Å²) in [6.07, 6.45) is -0.132. The number of benzene rings is 1. The van der Waals surface area contributed by atoms with Gasteiger partial charge in [0.25, 0.3) is 5.91 Å². The number of rotatable bonds is 6. The zero-order valence-electron chi connectivity index (χ0n) is 22.8. The molecule has 2 atom stereocenters. The van der Waals surface area contributed by atoms with Crippen LogP contribution in [0.15, 0.2) is 6.07 Å². The highest BCUT2D eigenvalue weighted by molar-refractivity contribution is 6.37. The molecule has 0 bridgehead atoms. The fourth-order valence-electron chi connectivity index (χ4n) is 3.60. The Kier molecular flexibility index (Phi) is 9.87. The van der Waals surface area contributed by atoms with Gasteiger partial charge in [-0.05, 0) is 67.4 Å². The Bertz CT molecular complexity index is 1010. The first-order valence-corrected chi connectivity index (χ1v) is 12.7. The number of hydrogen-bond donors (Lipinski definition) is 4. The van der Waals surface area contributed by atoms with Crippen molar-refractivity contribution in [2.75, 3.05) is 23.3 Å². The molecular formula is C25H39ClFN5O5. The third-order valence-electron chi connectivity index (χ3n) is 5.34. The fraction of sp³-hybridized carbons (Fsp3) is 0.640. The highest BCUT2D eigenvalue weighted by atomic mass is 35.5. The van der Waals surface area contributed by atoms with E-state index in [1.807, 2.05) is 13.8 Å². The molecule has 1 aromatic carbocycles. The number of hydrogen-bond acceptors (Lipinski definition) is 7. The van der Waals surface area contributed by atoms with E-state index in [1.54, 1.807) is 46.4 Å². The fourth-order valence-corrected chi connectivity index (χ4v) is 3.97. The monoisotopic (exact) mass is 543 g/mol. The quantitative estimate of drug-likeness (QED) is 0.374. The van der Waals surface area contributed by atoms with Gasteiger partial charge in [0.05, 0.1) is 28.0 Å². The molecule has 0 aliphatic carbocycles. The van der Waals surface area contributed by atoms with Crippen LogP contribution in [0.3, 0.4) is 0 Å². The number of amides is 3. The molecule has 1 heterocycles. The Balaban J connectivity index is 2.27. The number of nitrogens with one attached hydrogen (secondary N) is 4. The second-order valence-electron chi connectivity index (χ2n) is 11.1. The molecule has 37 heavy (non-hydrogen) atoms. The summed E-state index contributed by atoms with van der Waals surface area (Å²) in [7, 11) is 0. The summed E-state index contributed by atoms with van der Waals surface area (Å²) in [6, 6.07) is 0.728. The van der Waals surface area contributed by atoms with Crippen LogP contribution >= 0.6 is 11.6 Å². The van der Waals surface area contributed by atoms with Crippen molar-refractivity contribution in [3.8, 4) is 0 Å². The molecule has 4 N–H and O–H groups in total. The van der Waals surface area contributed by atoms with Gasteiger partial charge >= 0.3 is 12.2 Å². The average Bonchev–Trinajstić information content (AvgIpc) is 3.18. The normalized spacial score (nSPS) is 16.6. The smallest absolute Gasteiger partial charge is 0.426 e. The topological polar surface area (TPSA) is 121 Å². The molecule has 0 saturated carbocycles. The maximum atomic E-state index is 15.4. The third-order valence-corrected chi connectivity index (χ3v) is 5.71. The van der Waals surface area contributed by atoms with Gasteiger partial charge in [0.2, 0.25) is 0 Å². The Morgan fingerprint density at radius 2 is 1.70 bits per heavy atom. The largest absolute Gasteiger partial charge is 0.444 e. The minimum absolute atomic E-state index is 0.0284. The minimum Gasteiger partial charge on any atom is -0.444 e. The van der Waals surface area contributed by atoms with E-state index in [2.05, 4.69) is 21.5 Å². The lowest BCUT2D eigenvalue weighted by Crippen LogP contribution is -2.44. The Morgan fingerprint density at radius 1 is 1.11 bits per heavy atom. The molecule has 1 unspecified atom stereocenters. The second kappa shape index (κ2) is 12.1. The number of hydrazine groups is 1. The number of halogens is 2. The van der Waals surface area contributed by atoms with Crippen molar-refractivity contribution in [1.82, 2.24) is 16.2 Å². The number of ether oxygens (including phenoxy) is 2. The van der Waals surface area contributed by atoms with Crippen LogP contribution in [0.2, 0.25) is 5.02 Å². The molecule has 3 amide bonds. The second-order valence-corrected chi connectivity index (χ2v) is 11.4. The van der Waals surface area contributed by atoms with E-state index < -0.39 is 35.1 Å². The zero-order valence-corrected chi connectivity index (χ0v) is 23.6. The van der Waals surface area contributed by atoms with Crippen molar-refractivity contribution in [2.24, 2.45) is 0 Å². The first kappa shape index (κ1) is 30.3. The van der Waals surface area contributed by atoms with Gasteiger partial charge in [-0.1, -0.05) is 18.5 Å². The zero-order chi connectivity index (χ0) is 28.1. The van der Waals surface area contributed by atoms with E-state index in [0.717, 1.165) is 6.07 Å². The van der Waals surface area contributed by atoms with E-state index in [1.165, 1.54) is 0 Å².